The van der Waals surface area contributed by atoms with Crippen molar-refractivity contribution in [2.75, 3.05) is 19.0 Å². The number of ketones is 1. The van der Waals surface area contributed by atoms with Gasteiger partial charge in [0.25, 0.3) is 0 Å². The molecule has 2 aromatic heterocycles. The van der Waals surface area contributed by atoms with Crippen LogP contribution in [0.2, 0.25) is 0 Å². The van der Waals surface area contributed by atoms with Crippen LogP contribution in [0.3, 0.4) is 0 Å². The van der Waals surface area contributed by atoms with Gasteiger partial charge in [-0.05, 0) is 36.0 Å². The molecule has 3 rings (SSSR count). The van der Waals surface area contributed by atoms with Crippen molar-refractivity contribution in [1.29, 1.82) is 0 Å². The minimum absolute atomic E-state index is 0.0131. The zero-order valence-corrected chi connectivity index (χ0v) is 14.6. The van der Waals surface area contributed by atoms with Gasteiger partial charge in [0.1, 0.15) is 11.5 Å². The molecule has 2 aromatic rings. The van der Waals surface area contributed by atoms with Crippen molar-refractivity contribution in [2.24, 2.45) is 5.41 Å². The van der Waals surface area contributed by atoms with Crippen molar-refractivity contribution in [2.45, 2.75) is 26.7 Å². The van der Waals surface area contributed by atoms with Gasteiger partial charge in [0.05, 0.1) is 5.69 Å². The lowest BCUT2D eigenvalue weighted by Gasteiger charge is -2.29. The highest BCUT2D eigenvalue weighted by molar-refractivity contribution is 5.98. The number of nitrogens with zero attached hydrogens (tertiary/aromatic N) is 3. The zero-order chi connectivity index (χ0) is 17.3. The quantitative estimate of drug-likeness (QED) is 0.758. The van der Waals surface area contributed by atoms with Crippen LogP contribution in [0.25, 0.3) is 0 Å². The maximum atomic E-state index is 12.3. The van der Waals surface area contributed by atoms with Gasteiger partial charge in [0.15, 0.2) is 5.78 Å². The second-order valence-corrected chi connectivity index (χ2v) is 7.18. The van der Waals surface area contributed by atoms with E-state index in [-0.39, 0.29) is 11.2 Å². The molecular weight excluding hydrogens is 298 g/mol. The number of fused-ring (bicyclic) bond motifs is 1. The molecule has 1 aliphatic rings. The number of aromatic nitrogens is 2. The number of rotatable bonds is 1. The summed E-state index contributed by atoms with van der Waals surface area (Å²) in [6, 6.07) is 7.61. The number of carbonyl (C=O) groups excluding carboxylic acids is 1. The fourth-order valence-electron chi connectivity index (χ4n) is 2.87. The lowest BCUT2D eigenvalue weighted by atomic mass is 9.75. The number of carbonyl (C=O) groups is 1. The van der Waals surface area contributed by atoms with Gasteiger partial charge < -0.3 is 4.90 Å². The van der Waals surface area contributed by atoms with Crippen LogP contribution in [0.4, 0.5) is 5.82 Å². The van der Waals surface area contributed by atoms with E-state index in [0.717, 1.165) is 29.1 Å². The molecule has 0 fully saturated rings. The second-order valence-electron chi connectivity index (χ2n) is 7.18. The van der Waals surface area contributed by atoms with Gasteiger partial charge in [-0.1, -0.05) is 25.8 Å². The molecule has 2 heterocycles. The van der Waals surface area contributed by atoms with E-state index in [1.165, 1.54) is 0 Å². The van der Waals surface area contributed by atoms with E-state index < -0.39 is 0 Å². The minimum atomic E-state index is -0.0131. The van der Waals surface area contributed by atoms with Crippen molar-refractivity contribution in [1.82, 2.24) is 9.97 Å². The summed E-state index contributed by atoms with van der Waals surface area (Å²) in [5.74, 6) is 7.15. The van der Waals surface area contributed by atoms with Crippen LogP contribution < -0.4 is 4.90 Å². The Kier molecular flexibility index (Phi) is 4.11. The molecule has 4 heteroatoms. The van der Waals surface area contributed by atoms with Crippen molar-refractivity contribution < 1.29 is 4.79 Å². The van der Waals surface area contributed by atoms with Crippen LogP contribution in [0, 0.1) is 17.3 Å². The lowest BCUT2D eigenvalue weighted by molar-refractivity contribution is 0.0910. The Balaban J connectivity index is 1.90. The highest BCUT2D eigenvalue weighted by atomic mass is 16.1. The summed E-state index contributed by atoms with van der Waals surface area (Å²) in [5, 5.41) is 0. The van der Waals surface area contributed by atoms with Crippen molar-refractivity contribution >= 4 is 11.6 Å². The number of pyridine rings is 2. The predicted molar refractivity (Wildman–Crippen MR) is 95.2 cm³/mol. The van der Waals surface area contributed by atoms with Crippen molar-refractivity contribution in [3.8, 4) is 11.8 Å². The van der Waals surface area contributed by atoms with Crippen LogP contribution in [0.1, 0.15) is 47.6 Å². The van der Waals surface area contributed by atoms with E-state index in [1.807, 2.05) is 43.3 Å². The van der Waals surface area contributed by atoms with Gasteiger partial charge in [0.2, 0.25) is 0 Å². The van der Waals surface area contributed by atoms with E-state index in [4.69, 9.17) is 0 Å². The molecule has 0 atom stereocenters. The molecule has 0 aromatic carbocycles. The number of hydrogen-bond donors (Lipinski definition) is 0. The van der Waals surface area contributed by atoms with Gasteiger partial charge in [-0.25, -0.2) is 4.98 Å². The van der Waals surface area contributed by atoms with Crippen LogP contribution in [0.5, 0.6) is 0 Å². The van der Waals surface area contributed by atoms with E-state index in [2.05, 4.69) is 35.7 Å². The number of anilines is 1. The molecule has 24 heavy (non-hydrogen) atoms. The van der Waals surface area contributed by atoms with Crippen LogP contribution in [-0.4, -0.2) is 29.8 Å². The maximum Gasteiger partial charge on any atom is 0.165 e. The number of hydrogen-bond acceptors (Lipinski definition) is 4. The molecule has 0 unspecified atom stereocenters. The summed E-state index contributed by atoms with van der Waals surface area (Å²) in [4.78, 5) is 23.2. The summed E-state index contributed by atoms with van der Waals surface area (Å²) < 4.78 is 0. The van der Waals surface area contributed by atoms with E-state index in [9.17, 15) is 4.79 Å². The lowest BCUT2D eigenvalue weighted by Crippen LogP contribution is -2.27. The van der Waals surface area contributed by atoms with E-state index in [0.29, 0.717) is 12.1 Å². The third-order valence-corrected chi connectivity index (χ3v) is 4.08. The van der Waals surface area contributed by atoms with Gasteiger partial charge in [-0.15, -0.1) is 0 Å². The number of Topliss-reactive ketones (excluding diaryl/α,β-unsaturated/α-hetero) is 1. The predicted octanol–water partition coefficient (Wildman–Crippen LogP) is 3.10. The highest BCUT2D eigenvalue weighted by Crippen LogP contribution is 2.33. The first-order chi connectivity index (χ1) is 11.3. The first kappa shape index (κ1) is 16.2. The first-order valence-electron chi connectivity index (χ1n) is 8.03. The summed E-state index contributed by atoms with van der Waals surface area (Å²) in [6.07, 6.45) is 3.13. The van der Waals surface area contributed by atoms with Crippen LogP contribution >= 0.6 is 0 Å². The smallest absolute Gasteiger partial charge is 0.165 e. The second kappa shape index (κ2) is 6.09. The molecule has 0 spiro atoms. The Morgan fingerprint density at radius 3 is 2.71 bits per heavy atom. The molecule has 0 aliphatic heterocycles. The Bertz CT molecular complexity index is 857. The van der Waals surface area contributed by atoms with Gasteiger partial charge in [0, 0.05) is 37.8 Å². The Labute approximate surface area is 142 Å². The van der Waals surface area contributed by atoms with Gasteiger partial charge in [-0.3, -0.25) is 9.78 Å². The standard InChI is InChI=1S/C20H21N3O/c1-20(2)11-17-16(18(24)12-20)10-14(13-21-17)8-9-15-6-5-7-19(22-15)23(3)4/h5-7,10,13H,11-12H2,1-4H3. The normalized spacial score (nSPS) is 15.2. The fourth-order valence-corrected chi connectivity index (χ4v) is 2.87. The summed E-state index contributed by atoms with van der Waals surface area (Å²) in [5.41, 5.74) is 3.04. The van der Waals surface area contributed by atoms with Crippen LogP contribution in [-0.2, 0) is 6.42 Å². The Hall–Kier alpha value is -2.67. The van der Waals surface area contributed by atoms with Gasteiger partial charge >= 0.3 is 0 Å². The molecule has 1 aliphatic carbocycles. The minimum Gasteiger partial charge on any atom is -0.363 e. The first-order valence-corrected chi connectivity index (χ1v) is 8.03. The van der Waals surface area contributed by atoms with Crippen molar-refractivity contribution in [3.05, 3.63) is 53.0 Å². The average Bonchev–Trinajstić information content (AvgIpc) is 2.52. The zero-order valence-electron chi connectivity index (χ0n) is 14.6. The third kappa shape index (κ3) is 3.46. The summed E-state index contributed by atoms with van der Waals surface area (Å²) in [6.45, 7) is 4.21. The Morgan fingerprint density at radius 2 is 1.96 bits per heavy atom. The molecule has 0 saturated heterocycles. The molecule has 122 valence electrons. The SMILES string of the molecule is CN(C)c1cccc(C#Cc2cnc3c(c2)C(=O)CC(C)(C)C3)n1. The van der Waals surface area contributed by atoms with E-state index in [1.54, 1.807) is 6.20 Å². The molecule has 0 saturated carbocycles. The fraction of sp³-hybridized carbons (Fsp3) is 0.350. The van der Waals surface area contributed by atoms with Crippen molar-refractivity contribution in [3.63, 3.8) is 0 Å². The molecular formula is C20H21N3O. The summed E-state index contributed by atoms with van der Waals surface area (Å²) in [7, 11) is 3.89. The Morgan fingerprint density at radius 1 is 1.17 bits per heavy atom. The average molecular weight is 319 g/mol. The molecule has 0 N–H and O–H groups in total. The van der Waals surface area contributed by atoms with E-state index >= 15 is 0 Å². The van der Waals surface area contributed by atoms with Gasteiger partial charge in [-0.2, -0.15) is 0 Å². The summed E-state index contributed by atoms with van der Waals surface area (Å²) >= 11 is 0. The monoisotopic (exact) mass is 319 g/mol. The molecule has 4 nitrogen and oxygen atoms in total. The van der Waals surface area contributed by atoms with Crippen LogP contribution in [0.15, 0.2) is 30.5 Å². The largest absolute Gasteiger partial charge is 0.363 e. The maximum absolute atomic E-state index is 12.3. The topological polar surface area (TPSA) is 46.1 Å². The molecule has 0 bridgehead atoms. The molecule has 0 radical (unpaired) electrons. The highest BCUT2D eigenvalue weighted by Gasteiger charge is 2.31. The third-order valence-electron chi connectivity index (χ3n) is 4.08. The molecule has 0 amide bonds.